The van der Waals surface area contributed by atoms with E-state index in [1.54, 1.807) is 18.2 Å². The third kappa shape index (κ3) is 3.62. The SMILES string of the molecule is O=C(CCNc1cccc([N+](=O)[O-])c1)c1cccs1. The molecule has 0 amide bonds. The fourth-order valence-electron chi connectivity index (χ4n) is 1.61. The minimum absolute atomic E-state index is 0.0367. The number of benzene rings is 1. The summed E-state index contributed by atoms with van der Waals surface area (Å²) in [5.74, 6) is 0.0768. The molecule has 0 aliphatic rings. The first kappa shape index (κ1) is 13.2. The Balaban J connectivity index is 1.87. The van der Waals surface area contributed by atoms with Crippen LogP contribution in [0.15, 0.2) is 41.8 Å². The van der Waals surface area contributed by atoms with Gasteiger partial charge in [-0.3, -0.25) is 14.9 Å². The number of hydrogen-bond donors (Lipinski definition) is 1. The number of non-ortho nitro benzene ring substituents is 1. The highest BCUT2D eigenvalue weighted by molar-refractivity contribution is 7.12. The number of nitrogens with zero attached hydrogens (tertiary/aromatic N) is 1. The lowest BCUT2D eigenvalue weighted by Gasteiger charge is -2.04. The average Bonchev–Trinajstić information content (AvgIpc) is 2.93. The van der Waals surface area contributed by atoms with Crippen molar-refractivity contribution < 1.29 is 9.72 Å². The summed E-state index contributed by atoms with van der Waals surface area (Å²) in [5, 5.41) is 15.5. The first-order valence-electron chi connectivity index (χ1n) is 5.72. The van der Waals surface area contributed by atoms with Crippen molar-refractivity contribution in [3.05, 3.63) is 56.8 Å². The summed E-state index contributed by atoms with van der Waals surface area (Å²) in [6.07, 6.45) is 0.364. The summed E-state index contributed by atoms with van der Waals surface area (Å²) in [7, 11) is 0. The minimum Gasteiger partial charge on any atom is -0.384 e. The maximum absolute atomic E-state index is 11.7. The number of Topliss-reactive ketones (excluding diaryl/α,β-unsaturated/α-hetero) is 1. The molecular weight excluding hydrogens is 264 g/mol. The van der Waals surface area contributed by atoms with Crippen molar-refractivity contribution in [2.45, 2.75) is 6.42 Å². The fourth-order valence-corrected chi connectivity index (χ4v) is 2.30. The minimum atomic E-state index is -0.442. The van der Waals surface area contributed by atoms with Gasteiger partial charge in [-0.25, -0.2) is 0 Å². The van der Waals surface area contributed by atoms with Gasteiger partial charge in [-0.05, 0) is 17.5 Å². The summed E-state index contributed by atoms with van der Waals surface area (Å²) in [6.45, 7) is 0.456. The van der Waals surface area contributed by atoms with Gasteiger partial charge in [0, 0.05) is 30.8 Å². The Hall–Kier alpha value is -2.21. The second kappa shape index (κ2) is 6.10. The molecule has 1 N–H and O–H groups in total. The molecular formula is C13H12N2O3S. The monoisotopic (exact) mass is 276 g/mol. The summed E-state index contributed by atoms with van der Waals surface area (Å²) in [4.78, 5) is 22.6. The summed E-state index contributed by atoms with van der Waals surface area (Å²) in [6, 6.07) is 9.87. The van der Waals surface area contributed by atoms with Crippen LogP contribution in [0.5, 0.6) is 0 Å². The van der Waals surface area contributed by atoms with E-state index in [9.17, 15) is 14.9 Å². The normalized spacial score (nSPS) is 10.1. The van der Waals surface area contributed by atoms with E-state index < -0.39 is 4.92 Å². The van der Waals surface area contributed by atoms with E-state index in [1.807, 2.05) is 11.4 Å². The largest absolute Gasteiger partial charge is 0.384 e. The Morgan fingerprint density at radius 3 is 2.84 bits per heavy atom. The highest BCUT2D eigenvalue weighted by Crippen LogP contribution is 2.17. The molecule has 0 saturated carbocycles. The number of nitro benzene ring substituents is 1. The zero-order chi connectivity index (χ0) is 13.7. The van der Waals surface area contributed by atoms with Crippen molar-refractivity contribution in [2.75, 3.05) is 11.9 Å². The number of anilines is 1. The highest BCUT2D eigenvalue weighted by atomic mass is 32.1. The summed E-state index contributed by atoms with van der Waals surface area (Å²) >= 11 is 1.42. The first-order chi connectivity index (χ1) is 9.16. The van der Waals surface area contributed by atoms with Gasteiger partial charge in [-0.2, -0.15) is 0 Å². The van der Waals surface area contributed by atoms with Gasteiger partial charge < -0.3 is 5.32 Å². The van der Waals surface area contributed by atoms with E-state index in [4.69, 9.17) is 0 Å². The molecule has 2 aromatic rings. The second-order valence-electron chi connectivity index (χ2n) is 3.88. The molecule has 1 aromatic carbocycles. The Kier molecular flexibility index (Phi) is 4.25. The molecule has 1 aromatic heterocycles. The van der Waals surface area contributed by atoms with Crippen molar-refractivity contribution in [2.24, 2.45) is 0 Å². The Labute approximate surface area is 114 Å². The number of thiophene rings is 1. The number of hydrogen-bond acceptors (Lipinski definition) is 5. The summed E-state index contributed by atoms with van der Waals surface area (Å²) in [5.41, 5.74) is 0.683. The zero-order valence-corrected chi connectivity index (χ0v) is 10.9. The first-order valence-corrected chi connectivity index (χ1v) is 6.60. The molecule has 5 nitrogen and oxygen atoms in total. The van der Waals surface area contributed by atoms with E-state index in [2.05, 4.69) is 5.32 Å². The molecule has 98 valence electrons. The highest BCUT2D eigenvalue weighted by Gasteiger charge is 2.08. The summed E-state index contributed by atoms with van der Waals surface area (Å²) < 4.78 is 0. The van der Waals surface area contributed by atoms with Gasteiger partial charge in [0.05, 0.1) is 9.80 Å². The van der Waals surface area contributed by atoms with E-state index in [0.29, 0.717) is 18.7 Å². The van der Waals surface area contributed by atoms with Crippen LogP contribution in [0.1, 0.15) is 16.1 Å². The van der Waals surface area contributed by atoms with Crippen molar-refractivity contribution in [1.29, 1.82) is 0 Å². The van der Waals surface area contributed by atoms with Crippen LogP contribution in [-0.2, 0) is 0 Å². The van der Waals surface area contributed by atoms with Crippen LogP contribution in [-0.4, -0.2) is 17.3 Å². The number of carbonyl (C=O) groups excluding carboxylic acids is 1. The molecule has 0 aliphatic carbocycles. The molecule has 19 heavy (non-hydrogen) atoms. The van der Waals surface area contributed by atoms with Crippen molar-refractivity contribution in [3.63, 3.8) is 0 Å². The van der Waals surface area contributed by atoms with E-state index in [-0.39, 0.29) is 11.5 Å². The number of rotatable bonds is 6. The lowest BCUT2D eigenvalue weighted by Crippen LogP contribution is -2.07. The van der Waals surface area contributed by atoms with Crippen molar-refractivity contribution >= 4 is 28.5 Å². The zero-order valence-electron chi connectivity index (χ0n) is 10.0. The van der Waals surface area contributed by atoms with Gasteiger partial charge in [0.25, 0.3) is 5.69 Å². The molecule has 0 saturated heterocycles. The van der Waals surface area contributed by atoms with Gasteiger partial charge >= 0.3 is 0 Å². The predicted octanol–water partition coefficient (Wildman–Crippen LogP) is 3.34. The Bertz CT molecular complexity index is 581. The molecule has 1 heterocycles. The number of carbonyl (C=O) groups is 1. The molecule has 0 radical (unpaired) electrons. The maximum Gasteiger partial charge on any atom is 0.271 e. The van der Waals surface area contributed by atoms with Crippen molar-refractivity contribution in [1.82, 2.24) is 0 Å². The predicted molar refractivity (Wildman–Crippen MR) is 74.9 cm³/mol. The molecule has 0 spiro atoms. The third-order valence-electron chi connectivity index (χ3n) is 2.53. The van der Waals surface area contributed by atoms with Crippen LogP contribution >= 0.6 is 11.3 Å². The molecule has 0 bridgehead atoms. The second-order valence-corrected chi connectivity index (χ2v) is 4.83. The van der Waals surface area contributed by atoms with Crippen LogP contribution in [0.3, 0.4) is 0 Å². The van der Waals surface area contributed by atoms with Gasteiger partial charge in [-0.1, -0.05) is 12.1 Å². The van der Waals surface area contributed by atoms with Crippen LogP contribution < -0.4 is 5.32 Å². The van der Waals surface area contributed by atoms with Crippen LogP contribution in [0, 0.1) is 10.1 Å². The lowest BCUT2D eigenvalue weighted by atomic mass is 10.2. The van der Waals surface area contributed by atoms with Crippen LogP contribution in [0.2, 0.25) is 0 Å². The van der Waals surface area contributed by atoms with Gasteiger partial charge in [-0.15, -0.1) is 11.3 Å². The smallest absolute Gasteiger partial charge is 0.271 e. The molecule has 0 fully saturated rings. The quantitative estimate of drug-likeness (QED) is 0.499. The number of ketones is 1. The van der Waals surface area contributed by atoms with Gasteiger partial charge in [0.2, 0.25) is 0 Å². The lowest BCUT2D eigenvalue weighted by molar-refractivity contribution is -0.384. The van der Waals surface area contributed by atoms with Gasteiger partial charge in [0.1, 0.15) is 0 Å². The third-order valence-corrected chi connectivity index (χ3v) is 3.45. The Morgan fingerprint density at radius 1 is 1.32 bits per heavy atom. The van der Waals surface area contributed by atoms with E-state index in [1.165, 1.54) is 23.5 Å². The molecule has 0 aliphatic heterocycles. The van der Waals surface area contributed by atoms with Crippen LogP contribution in [0.25, 0.3) is 0 Å². The van der Waals surface area contributed by atoms with E-state index in [0.717, 1.165) is 4.88 Å². The molecule has 2 rings (SSSR count). The molecule has 6 heteroatoms. The molecule has 0 unspecified atom stereocenters. The van der Waals surface area contributed by atoms with Crippen LogP contribution in [0.4, 0.5) is 11.4 Å². The maximum atomic E-state index is 11.7. The van der Waals surface area contributed by atoms with E-state index >= 15 is 0 Å². The van der Waals surface area contributed by atoms with Crippen molar-refractivity contribution in [3.8, 4) is 0 Å². The Morgan fingerprint density at radius 2 is 2.16 bits per heavy atom. The fraction of sp³-hybridized carbons (Fsp3) is 0.154. The topological polar surface area (TPSA) is 72.2 Å². The molecule has 0 atom stereocenters. The average molecular weight is 276 g/mol. The number of nitrogens with one attached hydrogen (secondary N) is 1. The standard InChI is InChI=1S/C13H12N2O3S/c16-12(13-5-2-8-19-13)6-7-14-10-3-1-4-11(9-10)15(17)18/h1-5,8-9,14H,6-7H2. The number of nitro groups is 1. The van der Waals surface area contributed by atoms with Gasteiger partial charge in [0.15, 0.2) is 5.78 Å².